The van der Waals surface area contributed by atoms with Crippen LogP contribution in [0.2, 0.25) is 5.02 Å². The highest BCUT2D eigenvalue weighted by Gasteiger charge is 2.47. The number of rotatable bonds is 3. The average Bonchev–Trinajstić information content (AvgIpc) is 2.95. The van der Waals surface area contributed by atoms with Crippen LogP contribution in [0.5, 0.6) is 0 Å². The number of benzene rings is 1. The van der Waals surface area contributed by atoms with E-state index >= 15 is 0 Å². The van der Waals surface area contributed by atoms with Gasteiger partial charge in [-0.1, -0.05) is 17.7 Å². The van der Waals surface area contributed by atoms with Crippen molar-refractivity contribution in [2.24, 2.45) is 0 Å². The number of hydrogen-bond acceptors (Lipinski definition) is 1. The topological polar surface area (TPSA) is 12.0 Å². The Kier molecular flexibility index (Phi) is 3.21. The fourth-order valence-corrected chi connectivity index (χ4v) is 2.47. The normalized spacial score (nSPS) is 18.2. The molecule has 1 aliphatic carbocycles. The van der Waals surface area contributed by atoms with E-state index in [2.05, 4.69) is 26.1 Å². The smallest absolute Gasteiger partial charge is 0.128 e. The Morgan fingerprint density at radius 2 is 2.00 bits per heavy atom. The summed E-state index contributed by atoms with van der Waals surface area (Å²) in [6, 6.07) is 4.93. The van der Waals surface area contributed by atoms with E-state index in [-0.39, 0.29) is 16.8 Å². The van der Waals surface area contributed by atoms with Gasteiger partial charge in [-0.3, -0.25) is 0 Å². The van der Waals surface area contributed by atoms with E-state index < -0.39 is 0 Å². The van der Waals surface area contributed by atoms with Crippen molar-refractivity contribution in [2.45, 2.75) is 44.6 Å². The predicted molar refractivity (Wildman–Crippen MR) is 70.1 cm³/mol. The lowest BCUT2D eigenvalue weighted by atomic mass is 9.94. The molecule has 0 spiro atoms. The molecule has 1 aromatic rings. The molecule has 0 aromatic heterocycles. The fourth-order valence-electron chi connectivity index (χ4n) is 2.10. The minimum atomic E-state index is -0.175. The molecule has 3 heteroatoms. The second kappa shape index (κ2) is 4.25. The summed E-state index contributed by atoms with van der Waals surface area (Å²) in [6.07, 6.45) is 2.02. The highest BCUT2D eigenvalue weighted by Crippen LogP contribution is 2.51. The lowest BCUT2D eigenvalue weighted by molar-refractivity contribution is 0.395. The van der Waals surface area contributed by atoms with Gasteiger partial charge < -0.3 is 5.32 Å². The third-order valence-electron chi connectivity index (χ3n) is 3.30. The van der Waals surface area contributed by atoms with Crippen molar-refractivity contribution >= 4 is 11.6 Å². The van der Waals surface area contributed by atoms with E-state index in [0.29, 0.717) is 10.6 Å². The van der Waals surface area contributed by atoms with Crippen LogP contribution in [0.4, 0.5) is 4.39 Å². The van der Waals surface area contributed by atoms with Crippen LogP contribution in [0.15, 0.2) is 18.2 Å². The lowest BCUT2D eigenvalue weighted by Gasteiger charge is -2.26. The van der Waals surface area contributed by atoms with E-state index in [1.807, 2.05) is 0 Å². The number of halogens is 2. The van der Waals surface area contributed by atoms with Crippen LogP contribution in [0, 0.1) is 5.82 Å². The highest BCUT2D eigenvalue weighted by molar-refractivity contribution is 6.31. The van der Waals surface area contributed by atoms with Gasteiger partial charge >= 0.3 is 0 Å². The molecule has 0 heterocycles. The largest absolute Gasteiger partial charge is 0.311 e. The van der Waals surface area contributed by atoms with Crippen molar-refractivity contribution in [3.63, 3.8) is 0 Å². The van der Waals surface area contributed by atoms with E-state index in [0.717, 1.165) is 19.4 Å². The lowest BCUT2D eigenvalue weighted by Crippen LogP contribution is -2.41. The first kappa shape index (κ1) is 12.8. The Labute approximate surface area is 107 Å². The van der Waals surface area contributed by atoms with Crippen LogP contribution in [0.3, 0.4) is 0 Å². The molecule has 0 bridgehead atoms. The van der Waals surface area contributed by atoms with Gasteiger partial charge in [-0.25, -0.2) is 4.39 Å². The third kappa shape index (κ3) is 2.80. The Bertz CT molecular complexity index is 398. The van der Waals surface area contributed by atoms with Crippen LogP contribution in [-0.2, 0) is 5.41 Å². The van der Waals surface area contributed by atoms with E-state index in [1.165, 1.54) is 6.07 Å². The molecule has 0 atom stereocenters. The minimum Gasteiger partial charge on any atom is -0.311 e. The van der Waals surface area contributed by atoms with Crippen molar-refractivity contribution in [3.8, 4) is 0 Å². The summed E-state index contributed by atoms with van der Waals surface area (Å²) < 4.78 is 13.9. The van der Waals surface area contributed by atoms with Gasteiger partial charge in [0.25, 0.3) is 0 Å². The molecule has 2 rings (SSSR count). The van der Waals surface area contributed by atoms with Crippen LogP contribution in [0.1, 0.15) is 39.2 Å². The van der Waals surface area contributed by atoms with Gasteiger partial charge in [0.05, 0.1) is 0 Å². The zero-order chi connectivity index (χ0) is 12.7. The minimum absolute atomic E-state index is 0.0489. The Hall–Kier alpha value is -0.600. The number of hydrogen-bond donors (Lipinski definition) is 1. The van der Waals surface area contributed by atoms with Gasteiger partial charge in [0.1, 0.15) is 5.82 Å². The summed E-state index contributed by atoms with van der Waals surface area (Å²) in [7, 11) is 0. The van der Waals surface area contributed by atoms with Gasteiger partial charge in [-0.2, -0.15) is 0 Å². The first-order valence-corrected chi connectivity index (χ1v) is 6.41. The number of nitrogens with one attached hydrogen (secondary N) is 1. The van der Waals surface area contributed by atoms with Gasteiger partial charge in [0.15, 0.2) is 0 Å². The van der Waals surface area contributed by atoms with E-state index in [9.17, 15) is 4.39 Å². The summed E-state index contributed by atoms with van der Waals surface area (Å²) in [4.78, 5) is 0. The Morgan fingerprint density at radius 3 is 2.47 bits per heavy atom. The van der Waals surface area contributed by atoms with Gasteiger partial charge in [0.2, 0.25) is 0 Å². The second-order valence-electron chi connectivity index (χ2n) is 5.98. The standard InChI is InChI=1S/C14H19ClFN/c1-13(2,3)17-9-14(7-8-14)12-10(15)5-4-6-11(12)16/h4-6,17H,7-9H2,1-3H3. The van der Waals surface area contributed by atoms with Crippen molar-refractivity contribution in [3.05, 3.63) is 34.6 Å². The Balaban J connectivity index is 2.21. The molecule has 0 aliphatic heterocycles. The van der Waals surface area contributed by atoms with Gasteiger partial charge in [-0.15, -0.1) is 0 Å². The van der Waals surface area contributed by atoms with E-state index in [1.54, 1.807) is 12.1 Å². The SMILES string of the molecule is CC(C)(C)NCC1(c2c(F)cccc2Cl)CC1. The predicted octanol–water partition coefficient (Wildman–Crippen LogP) is 3.90. The molecule has 0 radical (unpaired) electrons. The molecule has 1 aliphatic rings. The van der Waals surface area contributed by atoms with Crippen molar-refractivity contribution in [1.29, 1.82) is 0 Å². The third-order valence-corrected chi connectivity index (χ3v) is 3.62. The quantitative estimate of drug-likeness (QED) is 0.864. The monoisotopic (exact) mass is 255 g/mol. The molecule has 94 valence electrons. The molecule has 1 N–H and O–H groups in total. The van der Waals surface area contributed by atoms with Crippen LogP contribution < -0.4 is 5.32 Å². The maximum atomic E-state index is 13.9. The molecular weight excluding hydrogens is 237 g/mol. The van der Waals surface area contributed by atoms with Crippen LogP contribution in [0.25, 0.3) is 0 Å². The molecule has 1 aromatic carbocycles. The maximum Gasteiger partial charge on any atom is 0.128 e. The van der Waals surface area contributed by atoms with Crippen molar-refractivity contribution in [1.82, 2.24) is 5.32 Å². The van der Waals surface area contributed by atoms with Crippen molar-refractivity contribution < 1.29 is 4.39 Å². The molecule has 0 unspecified atom stereocenters. The summed E-state index contributed by atoms with van der Waals surface area (Å²) in [5.41, 5.74) is 0.654. The van der Waals surface area contributed by atoms with Gasteiger partial charge in [-0.05, 0) is 45.7 Å². The summed E-state index contributed by atoms with van der Waals surface area (Å²) in [5, 5.41) is 4.01. The first-order chi connectivity index (χ1) is 7.84. The van der Waals surface area contributed by atoms with Crippen LogP contribution in [-0.4, -0.2) is 12.1 Å². The zero-order valence-corrected chi connectivity index (χ0v) is 11.4. The maximum absolute atomic E-state index is 13.9. The molecular formula is C14H19ClFN. The summed E-state index contributed by atoms with van der Waals surface area (Å²) in [6.45, 7) is 7.14. The van der Waals surface area contributed by atoms with Crippen molar-refractivity contribution in [2.75, 3.05) is 6.54 Å². The molecule has 0 saturated heterocycles. The average molecular weight is 256 g/mol. The molecule has 1 nitrogen and oxygen atoms in total. The molecule has 1 fully saturated rings. The first-order valence-electron chi connectivity index (χ1n) is 6.04. The second-order valence-corrected chi connectivity index (χ2v) is 6.39. The molecule has 17 heavy (non-hydrogen) atoms. The summed E-state index contributed by atoms with van der Waals surface area (Å²) in [5.74, 6) is -0.175. The van der Waals surface area contributed by atoms with E-state index in [4.69, 9.17) is 11.6 Å². The zero-order valence-electron chi connectivity index (χ0n) is 10.6. The molecule has 1 saturated carbocycles. The van der Waals surface area contributed by atoms with Gasteiger partial charge in [0, 0.05) is 28.1 Å². The molecule has 0 amide bonds. The Morgan fingerprint density at radius 1 is 1.35 bits per heavy atom. The van der Waals surface area contributed by atoms with Crippen LogP contribution >= 0.6 is 11.6 Å². The fraction of sp³-hybridized carbons (Fsp3) is 0.571. The highest BCUT2D eigenvalue weighted by atomic mass is 35.5. The summed E-state index contributed by atoms with van der Waals surface area (Å²) >= 11 is 6.14.